The highest BCUT2D eigenvalue weighted by Crippen LogP contribution is 2.26. The minimum Gasteiger partial charge on any atom is -0.468 e. The number of sulfonamides is 1. The Hall–Kier alpha value is -1.31. The molecule has 2 aromatic rings. The van der Waals surface area contributed by atoms with E-state index < -0.39 is 10.0 Å². The molecule has 2 rings (SSSR count). The van der Waals surface area contributed by atoms with Crippen molar-refractivity contribution in [1.29, 1.82) is 0 Å². The molecule has 0 saturated heterocycles. The van der Waals surface area contributed by atoms with Gasteiger partial charge in [0.1, 0.15) is 10.7 Å². The summed E-state index contributed by atoms with van der Waals surface area (Å²) in [5, 5.41) is 0. The third-order valence-corrected chi connectivity index (χ3v) is 5.34. The van der Waals surface area contributed by atoms with Crippen LogP contribution in [0.1, 0.15) is 12.7 Å². The van der Waals surface area contributed by atoms with Crippen LogP contribution < -0.4 is 5.73 Å². The van der Waals surface area contributed by atoms with Gasteiger partial charge < -0.3 is 10.2 Å². The highest BCUT2D eigenvalue weighted by molar-refractivity contribution is 9.10. The van der Waals surface area contributed by atoms with Gasteiger partial charge in [-0.3, -0.25) is 0 Å². The average Bonchev–Trinajstić information content (AvgIpc) is 2.88. The van der Waals surface area contributed by atoms with Crippen LogP contribution in [0.15, 0.2) is 50.4 Å². The fourth-order valence-electron chi connectivity index (χ4n) is 1.84. The van der Waals surface area contributed by atoms with E-state index in [0.717, 1.165) is 4.47 Å². The topological polar surface area (TPSA) is 76.5 Å². The fourth-order valence-corrected chi connectivity index (χ4v) is 3.73. The molecule has 0 amide bonds. The molecule has 0 aliphatic carbocycles. The molecule has 108 valence electrons. The van der Waals surface area contributed by atoms with Gasteiger partial charge in [-0.2, -0.15) is 4.31 Å². The van der Waals surface area contributed by atoms with Crippen LogP contribution in [0.25, 0.3) is 0 Å². The number of rotatable bonds is 5. The number of benzene rings is 1. The number of nitrogens with two attached hydrogens (primary N) is 1. The molecule has 0 aliphatic rings. The highest BCUT2D eigenvalue weighted by Gasteiger charge is 2.26. The lowest BCUT2D eigenvalue weighted by Crippen LogP contribution is -2.30. The maximum absolute atomic E-state index is 12.6. The Labute approximate surface area is 126 Å². The molecular weight excluding hydrogens is 344 g/mol. The second-order valence-corrected chi connectivity index (χ2v) is 7.01. The number of hydrogen-bond donors (Lipinski definition) is 1. The van der Waals surface area contributed by atoms with E-state index in [1.54, 1.807) is 31.2 Å². The molecule has 0 unspecified atom stereocenters. The van der Waals surface area contributed by atoms with Crippen molar-refractivity contribution in [3.63, 3.8) is 0 Å². The summed E-state index contributed by atoms with van der Waals surface area (Å²) in [5.74, 6) is 0.589. The monoisotopic (exact) mass is 358 g/mol. The van der Waals surface area contributed by atoms with E-state index in [-0.39, 0.29) is 17.1 Å². The van der Waals surface area contributed by atoms with Gasteiger partial charge in [-0.1, -0.05) is 22.9 Å². The molecule has 0 bridgehead atoms. The summed E-state index contributed by atoms with van der Waals surface area (Å²) in [7, 11) is -3.65. The second-order valence-electron chi connectivity index (χ2n) is 4.19. The van der Waals surface area contributed by atoms with Crippen LogP contribution >= 0.6 is 15.9 Å². The van der Waals surface area contributed by atoms with Gasteiger partial charge >= 0.3 is 0 Å². The van der Waals surface area contributed by atoms with Gasteiger partial charge in [0.2, 0.25) is 10.0 Å². The smallest absolute Gasteiger partial charge is 0.245 e. The van der Waals surface area contributed by atoms with Gasteiger partial charge in [0.15, 0.2) is 0 Å². The number of nitrogens with zero attached hydrogens (tertiary/aromatic N) is 1. The molecule has 0 spiro atoms. The van der Waals surface area contributed by atoms with Crippen molar-refractivity contribution in [3.8, 4) is 0 Å². The van der Waals surface area contributed by atoms with Gasteiger partial charge in [0, 0.05) is 11.0 Å². The molecule has 0 fully saturated rings. The SMILES string of the molecule is CCN(Cc1ccco1)S(=O)(=O)c1ccc(Br)cc1N. The van der Waals surface area contributed by atoms with Crippen molar-refractivity contribution in [2.24, 2.45) is 0 Å². The van der Waals surface area contributed by atoms with E-state index in [1.165, 1.54) is 16.6 Å². The molecule has 20 heavy (non-hydrogen) atoms. The first-order valence-corrected chi connectivity index (χ1v) is 8.26. The van der Waals surface area contributed by atoms with Crippen LogP contribution in [-0.4, -0.2) is 19.3 Å². The Morgan fingerprint density at radius 2 is 2.10 bits per heavy atom. The van der Waals surface area contributed by atoms with Crippen molar-refractivity contribution in [2.75, 3.05) is 12.3 Å². The quantitative estimate of drug-likeness (QED) is 0.833. The molecular formula is C13H15BrN2O3S. The van der Waals surface area contributed by atoms with Gasteiger partial charge in [-0.05, 0) is 30.3 Å². The largest absolute Gasteiger partial charge is 0.468 e. The molecule has 0 radical (unpaired) electrons. The van der Waals surface area contributed by atoms with E-state index in [2.05, 4.69) is 15.9 Å². The Bertz CT molecular complexity index is 684. The fraction of sp³-hybridized carbons (Fsp3) is 0.231. The first-order chi connectivity index (χ1) is 9.45. The normalized spacial score (nSPS) is 11.9. The summed E-state index contributed by atoms with van der Waals surface area (Å²) in [4.78, 5) is 0.106. The first-order valence-electron chi connectivity index (χ1n) is 6.02. The molecule has 0 aliphatic heterocycles. The lowest BCUT2D eigenvalue weighted by atomic mass is 10.3. The van der Waals surface area contributed by atoms with Crippen LogP contribution in [0.2, 0.25) is 0 Å². The van der Waals surface area contributed by atoms with Gasteiger partial charge in [0.05, 0.1) is 18.5 Å². The van der Waals surface area contributed by atoms with E-state index in [1.807, 2.05) is 0 Å². The molecule has 1 aromatic carbocycles. The summed E-state index contributed by atoms with van der Waals surface area (Å²) >= 11 is 3.26. The molecule has 5 nitrogen and oxygen atoms in total. The maximum Gasteiger partial charge on any atom is 0.245 e. The number of nitrogen functional groups attached to an aromatic ring is 1. The van der Waals surface area contributed by atoms with Crippen molar-refractivity contribution >= 4 is 31.6 Å². The third-order valence-electron chi connectivity index (χ3n) is 2.85. The third kappa shape index (κ3) is 3.05. The van der Waals surface area contributed by atoms with Crippen molar-refractivity contribution in [1.82, 2.24) is 4.31 Å². The number of furan rings is 1. The van der Waals surface area contributed by atoms with Crippen LogP contribution in [0.5, 0.6) is 0 Å². The average molecular weight is 359 g/mol. The minimum absolute atomic E-state index is 0.106. The molecule has 1 heterocycles. The summed E-state index contributed by atoms with van der Waals surface area (Å²) in [6.07, 6.45) is 1.52. The summed E-state index contributed by atoms with van der Waals surface area (Å²) < 4.78 is 32.5. The summed E-state index contributed by atoms with van der Waals surface area (Å²) in [6.45, 7) is 2.29. The molecule has 2 N–H and O–H groups in total. The van der Waals surface area contributed by atoms with Crippen LogP contribution in [-0.2, 0) is 16.6 Å². The van der Waals surface area contributed by atoms with Gasteiger partial charge in [-0.25, -0.2) is 8.42 Å². The summed E-state index contributed by atoms with van der Waals surface area (Å²) in [5.41, 5.74) is 6.03. The Morgan fingerprint density at radius 1 is 1.35 bits per heavy atom. The van der Waals surface area contributed by atoms with Gasteiger partial charge in [0.25, 0.3) is 0 Å². The predicted octanol–water partition coefficient (Wildman–Crippen LogP) is 2.84. The number of halogens is 1. The lowest BCUT2D eigenvalue weighted by Gasteiger charge is -2.20. The van der Waals surface area contributed by atoms with Crippen LogP contribution in [0, 0.1) is 0 Å². The second kappa shape index (κ2) is 5.99. The number of hydrogen-bond acceptors (Lipinski definition) is 4. The molecule has 0 atom stereocenters. The molecule has 0 saturated carbocycles. The standard InChI is InChI=1S/C13H15BrN2O3S/c1-2-16(9-11-4-3-7-19-11)20(17,18)13-6-5-10(14)8-12(13)15/h3-8H,2,9,15H2,1H3. The van der Waals surface area contributed by atoms with E-state index in [4.69, 9.17) is 10.2 Å². The van der Waals surface area contributed by atoms with E-state index >= 15 is 0 Å². The van der Waals surface area contributed by atoms with Crippen LogP contribution in [0.3, 0.4) is 0 Å². The molecule has 1 aromatic heterocycles. The Kier molecular flexibility index (Phi) is 4.52. The predicted molar refractivity (Wildman–Crippen MR) is 80.5 cm³/mol. The number of anilines is 1. The van der Waals surface area contributed by atoms with Crippen molar-refractivity contribution in [3.05, 3.63) is 46.8 Å². The lowest BCUT2D eigenvalue weighted by molar-refractivity contribution is 0.375. The van der Waals surface area contributed by atoms with Crippen molar-refractivity contribution in [2.45, 2.75) is 18.4 Å². The Morgan fingerprint density at radius 3 is 2.65 bits per heavy atom. The first kappa shape index (κ1) is 15.1. The zero-order valence-electron chi connectivity index (χ0n) is 10.9. The van der Waals surface area contributed by atoms with Gasteiger partial charge in [-0.15, -0.1) is 0 Å². The highest BCUT2D eigenvalue weighted by atomic mass is 79.9. The Balaban J connectivity index is 2.36. The summed E-state index contributed by atoms with van der Waals surface area (Å²) in [6, 6.07) is 8.20. The van der Waals surface area contributed by atoms with E-state index in [0.29, 0.717) is 12.3 Å². The van der Waals surface area contributed by atoms with Crippen LogP contribution in [0.4, 0.5) is 5.69 Å². The zero-order chi connectivity index (χ0) is 14.8. The zero-order valence-corrected chi connectivity index (χ0v) is 13.3. The van der Waals surface area contributed by atoms with Crippen molar-refractivity contribution < 1.29 is 12.8 Å². The minimum atomic E-state index is -3.65. The molecule has 7 heteroatoms. The maximum atomic E-state index is 12.6. The van der Waals surface area contributed by atoms with E-state index in [9.17, 15) is 8.42 Å².